The third-order valence-electron chi connectivity index (χ3n) is 2.94. The minimum atomic E-state index is 0.0234. The van der Waals surface area contributed by atoms with E-state index in [0.717, 1.165) is 31.6 Å². The number of ether oxygens (including phenoxy) is 2. The summed E-state index contributed by atoms with van der Waals surface area (Å²) in [4.78, 5) is 0.0234. The monoisotopic (exact) mass is 462 g/mol. The summed E-state index contributed by atoms with van der Waals surface area (Å²) in [5, 5.41) is 0. The Bertz CT molecular complexity index is 614. The van der Waals surface area contributed by atoms with E-state index in [2.05, 4.69) is 53.9 Å². The standard InChI is InChI=1S/C15H13Br3O2/c1-19-10-4-5-11(14(8-10)20-2)15(18)12-7-9(16)3-6-13(12)17/h3-8,15H,1-2H3. The van der Waals surface area contributed by atoms with E-state index in [9.17, 15) is 0 Å². The van der Waals surface area contributed by atoms with Gasteiger partial charge in [0.25, 0.3) is 0 Å². The highest BCUT2D eigenvalue weighted by Gasteiger charge is 2.18. The Morgan fingerprint density at radius 2 is 1.65 bits per heavy atom. The highest BCUT2D eigenvalue weighted by Crippen LogP contribution is 2.41. The molecule has 5 heteroatoms. The third-order valence-corrected chi connectivity index (χ3v) is 5.15. The zero-order chi connectivity index (χ0) is 14.7. The number of alkyl halides is 1. The first kappa shape index (κ1) is 15.9. The average molecular weight is 465 g/mol. The van der Waals surface area contributed by atoms with Crippen LogP contribution >= 0.6 is 47.8 Å². The van der Waals surface area contributed by atoms with Gasteiger partial charge in [-0.15, -0.1) is 0 Å². The normalized spacial score (nSPS) is 12.1. The molecular weight excluding hydrogens is 452 g/mol. The van der Waals surface area contributed by atoms with Gasteiger partial charge in [0, 0.05) is 20.6 Å². The minimum Gasteiger partial charge on any atom is -0.497 e. The molecule has 2 rings (SSSR count). The molecule has 1 atom stereocenters. The number of rotatable bonds is 4. The molecule has 1 unspecified atom stereocenters. The Hall–Kier alpha value is -0.520. The van der Waals surface area contributed by atoms with Crippen LogP contribution in [0.1, 0.15) is 16.0 Å². The van der Waals surface area contributed by atoms with Gasteiger partial charge in [0.2, 0.25) is 0 Å². The molecule has 0 heterocycles. The number of benzene rings is 2. The van der Waals surface area contributed by atoms with Gasteiger partial charge in [0.1, 0.15) is 11.5 Å². The van der Waals surface area contributed by atoms with Gasteiger partial charge in [0.05, 0.1) is 19.0 Å². The van der Waals surface area contributed by atoms with Gasteiger partial charge in [-0.25, -0.2) is 0 Å². The molecule has 2 aromatic rings. The van der Waals surface area contributed by atoms with Crippen LogP contribution in [0.3, 0.4) is 0 Å². The Morgan fingerprint density at radius 3 is 2.30 bits per heavy atom. The minimum absolute atomic E-state index is 0.0234. The second-order valence-electron chi connectivity index (χ2n) is 4.14. The van der Waals surface area contributed by atoms with Crippen LogP contribution in [0.15, 0.2) is 45.3 Å². The maximum Gasteiger partial charge on any atom is 0.127 e. The van der Waals surface area contributed by atoms with Gasteiger partial charge < -0.3 is 9.47 Å². The molecule has 0 saturated heterocycles. The largest absolute Gasteiger partial charge is 0.497 e. The van der Waals surface area contributed by atoms with Crippen molar-refractivity contribution < 1.29 is 9.47 Å². The van der Waals surface area contributed by atoms with Gasteiger partial charge in [-0.3, -0.25) is 0 Å². The molecule has 0 aliphatic carbocycles. The Balaban J connectivity index is 2.47. The van der Waals surface area contributed by atoms with Crippen molar-refractivity contribution in [1.29, 1.82) is 0 Å². The Kier molecular flexibility index (Phi) is 5.52. The first-order valence-electron chi connectivity index (χ1n) is 5.87. The van der Waals surface area contributed by atoms with Crippen LogP contribution in [0.4, 0.5) is 0 Å². The van der Waals surface area contributed by atoms with Crippen molar-refractivity contribution in [2.45, 2.75) is 4.83 Å². The van der Waals surface area contributed by atoms with E-state index in [1.165, 1.54) is 0 Å². The lowest BCUT2D eigenvalue weighted by Gasteiger charge is -2.17. The maximum absolute atomic E-state index is 5.46. The van der Waals surface area contributed by atoms with E-state index in [1.807, 2.05) is 30.3 Å². The molecule has 20 heavy (non-hydrogen) atoms. The number of halogens is 3. The molecule has 0 aromatic heterocycles. The van der Waals surface area contributed by atoms with Crippen molar-refractivity contribution in [2.24, 2.45) is 0 Å². The molecule has 106 valence electrons. The molecular formula is C15H13Br3O2. The lowest BCUT2D eigenvalue weighted by atomic mass is 10.0. The van der Waals surface area contributed by atoms with Crippen LogP contribution in [-0.4, -0.2) is 14.2 Å². The predicted molar refractivity (Wildman–Crippen MR) is 92.2 cm³/mol. The van der Waals surface area contributed by atoms with Crippen LogP contribution < -0.4 is 9.47 Å². The lowest BCUT2D eigenvalue weighted by molar-refractivity contribution is 0.391. The lowest BCUT2D eigenvalue weighted by Crippen LogP contribution is -1.99. The van der Waals surface area contributed by atoms with E-state index in [-0.39, 0.29) is 4.83 Å². The number of hydrogen-bond donors (Lipinski definition) is 0. The summed E-state index contributed by atoms with van der Waals surface area (Å²) >= 11 is 10.8. The smallest absolute Gasteiger partial charge is 0.127 e. The van der Waals surface area contributed by atoms with Crippen LogP contribution in [0.2, 0.25) is 0 Å². The van der Waals surface area contributed by atoms with Gasteiger partial charge in [-0.2, -0.15) is 0 Å². The fraction of sp³-hybridized carbons (Fsp3) is 0.200. The molecule has 2 nitrogen and oxygen atoms in total. The van der Waals surface area contributed by atoms with Gasteiger partial charge in [-0.05, 0) is 29.8 Å². The predicted octanol–water partition coefficient (Wildman–Crippen LogP) is 5.71. The van der Waals surface area contributed by atoms with Crippen molar-refractivity contribution in [3.05, 3.63) is 56.5 Å². The Morgan fingerprint density at radius 1 is 0.900 bits per heavy atom. The number of methoxy groups -OCH3 is 2. The molecule has 0 radical (unpaired) electrons. The third kappa shape index (κ3) is 3.38. The Labute approximate surface area is 143 Å². The van der Waals surface area contributed by atoms with Gasteiger partial charge in [0.15, 0.2) is 0 Å². The molecule has 0 spiro atoms. The van der Waals surface area contributed by atoms with Crippen molar-refractivity contribution in [1.82, 2.24) is 0 Å². The fourth-order valence-electron chi connectivity index (χ4n) is 1.90. The summed E-state index contributed by atoms with van der Waals surface area (Å²) in [6, 6.07) is 11.9. The summed E-state index contributed by atoms with van der Waals surface area (Å²) in [7, 11) is 3.30. The molecule has 0 N–H and O–H groups in total. The molecule has 0 saturated carbocycles. The second kappa shape index (κ2) is 6.96. The quantitative estimate of drug-likeness (QED) is 0.539. The summed E-state index contributed by atoms with van der Waals surface area (Å²) in [6.07, 6.45) is 0. The molecule has 0 aliphatic heterocycles. The summed E-state index contributed by atoms with van der Waals surface area (Å²) in [5.74, 6) is 1.57. The fourth-order valence-corrected chi connectivity index (χ4v) is 3.82. The van der Waals surface area contributed by atoms with Crippen LogP contribution in [0.5, 0.6) is 11.5 Å². The molecule has 0 bridgehead atoms. The maximum atomic E-state index is 5.46. The number of hydrogen-bond acceptors (Lipinski definition) is 2. The molecule has 0 fully saturated rings. The zero-order valence-corrected chi connectivity index (χ0v) is 15.7. The average Bonchev–Trinajstić information content (AvgIpc) is 2.48. The summed E-state index contributed by atoms with van der Waals surface area (Å²) in [5.41, 5.74) is 2.18. The highest BCUT2D eigenvalue weighted by atomic mass is 79.9. The first-order chi connectivity index (χ1) is 9.56. The van der Waals surface area contributed by atoms with Crippen LogP contribution in [0, 0.1) is 0 Å². The summed E-state index contributed by atoms with van der Waals surface area (Å²) in [6.45, 7) is 0. The van der Waals surface area contributed by atoms with Crippen molar-refractivity contribution in [3.63, 3.8) is 0 Å². The van der Waals surface area contributed by atoms with E-state index >= 15 is 0 Å². The second-order valence-corrected chi connectivity index (χ2v) is 6.82. The van der Waals surface area contributed by atoms with E-state index < -0.39 is 0 Å². The van der Waals surface area contributed by atoms with Crippen LogP contribution in [-0.2, 0) is 0 Å². The van der Waals surface area contributed by atoms with Gasteiger partial charge >= 0.3 is 0 Å². The first-order valence-corrected chi connectivity index (χ1v) is 8.38. The highest BCUT2D eigenvalue weighted by molar-refractivity contribution is 9.11. The van der Waals surface area contributed by atoms with Crippen molar-refractivity contribution in [2.75, 3.05) is 14.2 Å². The molecule has 0 aliphatic rings. The molecule has 2 aromatic carbocycles. The van der Waals surface area contributed by atoms with E-state index in [0.29, 0.717) is 0 Å². The van der Waals surface area contributed by atoms with E-state index in [4.69, 9.17) is 9.47 Å². The SMILES string of the molecule is COc1ccc(C(Br)c2cc(Br)ccc2Br)c(OC)c1. The van der Waals surface area contributed by atoms with E-state index in [1.54, 1.807) is 14.2 Å². The van der Waals surface area contributed by atoms with Crippen molar-refractivity contribution >= 4 is 47.8 Å². The van der Waals surface area contributed by atoms with Crippen LogP contribution in [0.25, 0.3) is 0 Å². The topological polar surface area (TPSA) is 18.5 Å². The van der Waals surface area contributed by atoms with Gasteiger partial charge in [-0.1, -0.05) is 53.9 Å². The molecule has 0 amide bonds. The summed E-state index contributed by atoms with van der Waals surface area (Å²) < 4.78 is 12.8. The van der Waals surface area contributed by atoms with Crippen molar-refractivity contribution in [3.8, 4) is 11.5 Å². The zero-order valence-electron chi connectivity index (χ0n) is 11.0.